The van der Waals surface area contributed by atoms with Gasteiger partial charge in [-0.15, -0.1) is 0 Å². The molecular weight excluding hydrogens is 787 g/mol. The van der Waals surface area contributed by atoms with Crippen molar-refractivity contribution in [2.45, 2.75) is 173 Å². The van der Waals surface area contributed by atoms with Crippen LogP contribution in [0.3, 0.4) is 0 Å². The number of amides is 6. The highest BCUT2D eigenvalue weighted by Crippen LogP contribution is 2.15. The fourth-order valence-corrected chi connectivity index (χ4v) is 7.13. The molecule has 16 heteroatoms. The number of carbonyl (C=O) groups excluding carboxylic acids is 7. The number of ketones is 1. The lowest BCUT2D eigenvalue weighted by Gasteiger charge is -2.25. The first-order valence-corrected chi connectivity index (χ1v) is 23.4. The number of thioether (sulfide) groups is 1. The number of nitrogens with two attached hydrogens (primary N) is 2. The fraction of sp³-hybridized carbons (Fsp3) is 0.705. The third-order valence-corrected chi connectivity index (χ3v) is 10.9. The van der Waals surface area contributed by atoms with E-state index < -0.39 is 60.2 Å². The molecule has 15 nitrogen and oxygen atoms in total. The minimum Gasteiger partial charge on any atom is -0.508 e. The second-order valence-electron chi connectivity index (χ2n) is 15.6. The summed E-state index contributed by atoms with van der Waals surface area (Å²) in [6.07, 6.45) is 19.2. The fourth-order valence-electron chi connectivity index (χ4n) is 6.66. The molecule has 60 heavy (non-hydrogen) atoms. The summed E-state index contributed by atoms with van der Waals surface area (Å²) in [5.74, 6) is -3.34. The monoisotopic (exact) mass is 862 g/mol. The second kappa shape index (κ2) is 33.5. The summed E-state index contributed by atoms with van der Waals surface area (Å²) in [4.78, 5) is 90.5. The summed E-state index contributed by atoms with van der Waals surface area (Å²) in [7, 11) is 0. The topological polar surface area (TPSA) is 252 Å². The number of carbonyl (C=O) groups is 7. The number of rotatable bonds is 36. The van der Waals surface area contributed by atoms with Gasteiger partial charge in [0.1, 0.15) is 23.9 Å². The first-order valence-electron chi connectivity index (χ1n) is 22.0. The van der Waals surface area contributed by atoms with Crippen LogP contribution in [0, 0.1) is 0 Å². The maximum absolute atomic E-state index is 13.8. The Morgan fingerprint density at radius 1 is 0.617 bits per heavy atom. The molecule has 0 aromatic heterocycles. The molecule has 0 bridgehead atoms. The average molecular weight is 862 g/mol. The minimum atomic E-state index is -1.28. The summed E-state index contributed by atoms with van der Waals surface area (Å²) < 4.78 is 0. The van der Waals surface area contributed by atoms with Gasteiger partial charge in [0.05, 0.1) is 12.6 Å². The molecule has 0 heterocycles. The minimum absolute atomic E-state index is 0.00589. The number of unbranched alkanes of at least 4 members (excludes halogenated alkanes) is 13. The van der Waals surface area contributed by atoms with Crippen LogP contribution in [0.1, 0.15) is 148 Å². The number of aromatic hydroxyl groups is 1. The lowest BCUT2D eigenvalue weighted by molar-refractivity contribution is -0.134. The highest BCUT2D eigenvalue weighted by molar-refractivity contribution is 7.98. The van der Waals surface area contributed by atoms with Crippen molar-refractivity contribution in [3.05, 3.63) is 29.8 Å². The molecule has 0 spiro atoms. The molecule has 0 saturated carbocycles. The molecule has 6 amide bonds. The van der Waals surface area contributed by atoms with E-state index in [1.807, 2.05) is 6.26 Å². The Kier molecular flexibility index (Phi) is 30.1. The van der Waals surface area contributed by atoms with Crippen molar-refractivity contribution in [3.8, 4) is 5.75 Å². The number of primary amides is 1. The molecule has 4 atom stereocenters. The van der Waals surface area contributed by atoms with Gasteiger partial charge in [0.25, 0.3) is 0 Å². The third-order valence-electron chi connectivity index (χ3n) is 10.3. The van der Waals surface area contributed by atoms with E-state index in [9.17, 15) is 38.7 Å². The molecule has 0 fully saturated rings. The van der Waals surface area contributed by atoms with E-state index in [1.165, 1.54) is 88.6 Å². The van der Waals surface area contributed by atoms with Crippen molar-refractivity contribution in [2.24, 2.45) is 11.5 Å². The van der Waals surface area contributed by atoms with Gasteiger partial charge in [0, 0.05) is 19.3 Å². The van der Waals surface area contributed by atoms with Crippen LogP contribution in [-0.4, -0.2) is 95.6 Å². The zero-order valence-corrected chi connectivity index (χ0v) is 37.3. The zero-order valence-electron chi connectivity index (χ0n) is 36.5. The summed E-state index contributed by atoms with van der Waals surface area (Å²) in [5, 5.41) is 23.1. The first-order chi connectivity index (χ1) is 28.8. The van der Waals surface area contributed by atoms with Crippen LogP contribution < -0.4 is 38.1 Å². The van der Waals surface area contributed by atoms with Crippen molar-refractivity contribution >= 4 is 53.0 Å². The summed E-state index contributed by atoms with van der Waals surface area (Å²) in [6.45, 7) is 3.49. The van der Waals surface area contributed by atoms with Gasteiger partial charge in [-0.2, -0.15) is 11.8 Å². The first kappa shape index (κ1) is 53.8. The summed E-state index contributed by atoms with van der Waals surface area (Å²) >= 11 is 1.52. The summed E-state index contributed by atoms with van der Waals surface area (Å²) in [6, 6.07) is 1.75. The maximum Gasteiger partial charge on any atom is 0.243 e. The predicted molar refractivity (Wildman–Crippen MR) is 238 cm³/mol. The third kappa shape index (κ3) is 26.1. The van der Waals surface area contributed by atoms with Crippen molar-refractivity contribution in [2.75, 3.05) is 25.1 Å². The molecule has 0 radical (unpaired) electrons. The van der Waals surface area contributed by atoms with Crippen LogP contribution in [0.5, 0.6) is 5.75 Å². The molecule has 0 aliphatic heterocycles. The Morgan fingerprint density at radius 3 is 1.70 bits per heavy atom. The Labute approximate surface area is 362 Å². The highest BCUT2D eigenvalue weighted by atomic mass is 32.2. The maximum atomic E-state index is 13.8. The van der Waals surface area contributed by atoms with Crippen LogP contribution in [0.25, 0.3) is 0 Å². The van der Waals surface area contributed by atoms with Crippen molar-refractivity contribution < 1.29 is 38.7 Å². The number of nitrogens with one attached hydrogen (secondary N) is 5. The van der Waals surface area contributed by atoms with E-state index in [0.717, 1.165) is 25.7 Å². The standard InChI is InChI=1S/C44H75N7O8S/c1-4-5-6-7-8-9-10-11-12-13-14-15-16-20-40(55)48-37(27-29-60-3)42(57)47-31-41(56)49-38(30-33-21-23-34(53)24-22-33)44(59)51-36(25-26-39(46)54)43(58)50-35(32(2)52)19-17-18-28-45/h21-24,35-38,53H,4-20,25-31,45H2,1-3H3,(H2,46,54)(H,47,57)(H,48,55)(H,49,56)(H,50,58)(H,51,59)/t35-,36-,37-,38-/m0/s1. The number of Topliss-reactive ketones (excluding diaryl/α,β-unsaturated/α-hetero) is 1. The summed E-state index contributed by atoms with van der Waals surface area (Å²) in [5.41, 5.74) is 11.5. The van der Waals surface area contributed by atoms with Gasteiger partial charge in [0.2, 0.25) is 35.4 Å². The van der Waals surface area contributed by atoms with Gasteiger partial charge in [-0.25, -0.2) is 0 Å². The Morgan fingerprint density at radius 2 is 1.15 bits per heavy atom. The molecule has 0 aliphatic carbocycles. The van der Waals surface area contributed by atoms with E-state index in [0.29, 0.717) is 50.0 Å². The van der Waals surface area contributed by atoms with E-state index in [4.69, 9.17) is 11.5 Å². The van der Waals surface area contributed by atoms with Crippen molar-refractivity contribution in [1.82, 2.24) is 26.6 Å². The quantitative estimate of drug-likeness (QED) is 0.0447. The van der Waals surface area contributed by atoms with Crippen molar-refractivity contribution in [3.63, 3.8) is 0 Å². The lowest BCUT2D eigenvalue weighted by Crippen LogP contribution is -2.57. The van der Waals surface area contributed by atoms with Crippen LogP contribution in [-0.2, 0) is 40.0 Å². The Bertz CT molecular complexity index is 1430. The molecule has 1 rings (SSSR count). The van der Waals surface area contributed by atoms with Gasteiger partial charge >= 0.3 is 0 Å². The molecule has 340 valence electrons. The molecule has 1 aromatic carbocycles. The normalized spacial score (nSPS) is 13.0. The molecule has 0 unspecified atom stereocenters. The SMILES string of the molecule is CCCCCCCCCCCCCCCC(=O)N[C@@H](CCSC)C(=O)NCC(=O)N[C@@H](Cc1ccc(O)cc1)C(=O)N[C@@H](CCC(N)=O)C(=O)N[C@@H](CCCCN)C(C)=O. The smallest absolute Gasteiger partial charge is 0.243 e. The lowest BCUT2D eigenvalue weighted by atomic mass is 10.0. The van der Waals surface area contributed by atoms with E-state index in [2.05, 4.69) is 33.5 Å². The highest BCUT2D eigenvalue weighted by Gasteiger charge is 2.30. The average Bonchev–Trinajstić information content (AvgIpc) is 3.21. The van der Waals surface area contributed by atoms with Gasteiger partial charge in [-0.3, -0.25) is 33.6 Å². The number of benzene rings is 1. The van der Waals surface area contributed by atoms with Crippen LogP contribution in [0.4, 0.5) is 0 Å². The van der Waals surface area contributed by atoms with Crippen molar-refractivity contribution in [1.29, 1.82) is 0 Å². The zero-order chi connectivity index (χ0) is 44.5. The number of hydrogen-bond donors (Lipinski definition) is 8. The second-order valence-corrected chi connectivity index (χ2v) is 16.6. The van der Waals surface area contributed by atoms with E-state index >= 15 is 0 Å². The van der Waals surface area contributed by atoms with Gasteiger partial charge in [0.15, 0.2) is 5.78 Å². The van der Waals surface area contributed by atoms with Gasteiger partial charge in [-0.1, -0.05) is 96.1 Å². The van der Waals surface area contributed by atoms with Gasteiger partial charge in [-0.05, 0) is 81.7 Å². The Hall–Kier alpha value is -4.18. The Balaban J connectivity index is 2.85. The molecule has 1 aromatic rings. The molecule has 0 aliphatic rings. The van der Waals surface area contributed by atoms with E-state index in [1.54, 1.807) is 12.1 Å². The predicted octanol–water partition coefficient (Wildman–Crippen LogP) is 4.21. The molecule has 10 N–H and O–H groups in total. The molecular formula is C44H75N7O8S. The number of phenolic OH excluding ortho intramolecular Hbond substituents is 1. The largest absolute Gasteiger partial charge is 0.508 e. The number of phenols is 1. The van der Waals surface area contributed by atoms with E-state index in [-0.39, 0.29) is 36.7 Å². The number of hydrogen-bond acceptors (Lipinski definition) is 10. The van der Waals surface area contributed by atoms with Crippen LogP contribution >= 0.6 is 11.8 Å². The van der Waals surface area contributed by atoms with Crippen LogP contribution in [0.15, 0.2) is 24.3 Å². The van der Waals surface area contributed by atoms with Crippen LogP contribution in [0.2, 0.25) is 0 Å². The van der Waals surface area contributed by atoms with Gasteiger partial charge < -0.3 is 43.2 Å². The molecule has 0 saturated heterocycles.